The molecule has 0 unspecified atom stereocenters. The van der Waals surface area contributed by atoms with Crippen LogP contribution in [0, 0.1) is 11.3 Å². The fraction of sp³-hybridized carbons (Fsp3) is 0.143. The fourth-order valence-corrected chi connectivity index (χ4v) is 1.51. The van der Waals surface area contributed by atoms with Crippen molar-refractivity contribution in [1.82, 2.24) is 4.98 Å². The Labute approximate surface area is 111 Å². The lowest BCUT2D eigenvalue weighted by molar-refractivity contribution is 0.328. The molecule has 2 rings (SSSR count). The molecule has 5 nitrogen and oxygen atoms in total. The highest BCUT2D eigenvalue weighted by Gasteiger charge is 1.98. The zero-order valence-corrected chi connectivity index (χ0v) is 10.3. The van der Waals surface area contributed by atoms with Gasteiger partial charge in [0.15, 0.2) is 0 Å². The summed E-state index contributed by atoms with van der Waals surface area (Å²) in [7, 11) is 0. The van der Waals surface area contributed by atoms with Gasteiger partial charge in [0, 0.05) is 12.2 Å². The van der Waals surface area contributed by atoms with E-state index in [1.807, 2.05) is 36.4 Å². The van der Waals surface area contributed by atoms with Crippen LogP contribution in [0.25, 0.3) is 0 Å². The molecule has 2 aromatic rings. The molecule has 0 fully saturated rings. The van der Waals surface area contributed by atoms with Gasteiger partial charge in [0.25, 0.3) is 0 Å². The summed E-state index contributed by atoms with van der Waals surface area (Å²) < 4.78 is 5.39. The predicted molar refractivity (Wildman–Crippen MR) is 73.2 cm³/mol. The van der Waals surface area contributed by atoms with Crippen LogP contribution in [0.3, 0.4) is 0 Å². The molecule has 0 saturated carbocycles. The number of nitrogens with two attached hydrogens (primary N) is 1. The first kappa shape index (κ1) is 12.9. The number of aromatic nitrogens is 1. The van der Waals surface area contributed by atoms with Crippen LogP contribution in [0.1, 0.15) is 5.69 Å². The quantitative estimate of drug-likeness (QED) is 0.853. The molecular weight excluding hydrogens is 240 g/mol. The highest BCUT2D eigenvalue weighted by Crippen LogP contribution is 2.19. The second-order valence-corrected chi connectivity index (χ2v) is 3.83. The number of hydrogen-bond acceptors (Lipinski definition) is 5. The third kappa shape index (κ3) is 3.69. The van der Waals surface area contributed by atoms with E-state index in [4.69, 9.17) is 15.7 Å². The van der Waals surface area contributed by atoms with E-state index >= 15 is 0 Å². The Bertz CT molecular complexity index is 557. The van der Waals surface area contributed by atoms with E-state index in [1.54, 1.807) is 12.3 Å². The lowest BCUT2D eigenvalue weighted by atomic mass is 10.3. The van der Waals surface area contributed by atoms with Gasteiger partial charge in [-0.1, -0.05) is 0 Å². The summed E-state index contributed by atoms with van der Waals surface area (Å²) in [6.07, 6.45) is 1.62. The van der Waals surface area contributed by atoms with Crippen molar-refractivity contribution in [3.8, 4) is 11.8 Å². The number of ether oxygens (including phenoxy) is 1. The topological polar surface area (TPSA) is 84.0 Å². The molecule has 0 amide bonds. The van der Waals surface area contributed by atoms with Crippen molar-refractivity contribution in [2.24, 2.45) is 5.73 Å². The van der Waals surface area contributed by atoms with Crippen molar-refractivity contribution in [1.29, 1.82) is 5.26 Å². The van der Waals surface area contributed by atoms with Gasteiger partial charge in [-0.3, -0.25) is 0 Å². The maximum Gasteiger partial charge on any atom is 0.140 e. The van der Waals surface area contributed by atoms with Gasteiger partial charge < -0.3 is 15.8 Å². The highest BCUT2D eigenvalue weighted by molar-refractivity contribution is 5.59. The van der Waals surface area contributed by atoms with E-state index < -0.39 is 0 Å². The van der Waals surface area contributed by atoms with E-state index in [-0.39, 0.29) is 0 Å². The lowest BCUT2D eigenvalue weighted by Crippen LogP contribution is -2.10. The summed E-state index contributed by atoms with van der Waals surface area (Å²) in [6.45, 7) is 1.00. The zero-order chi connectivity index (χ0) is 13.5. The molecule has 0 aliphatic carbocycles. The predicted octanol–water partition coefficient (Wildman–Crippen LogP) is 2.03. The summed E-state index contributed by atoms with van der Waals surface area (Å²) >= 11 is 0. The van der Waals surface area contributed by atoms with Crippen LogP contribution in [0.2, 0.25) is 0 Å². The monoisotopic (exact) mass is 254 g/mol. The number of rotatable bonds is 5. The minimum Gasteiger partial charge on any atom is -0.492 e. The average Bonchev–Trinajstić information content (AvgIpc) is 2.47. The molecule has 19 heavy (non-hydrogen) atoms. The zero-order valence-electron chi connectivity index (χ0n) is 10.3. The molecule has 5 heteroatoms. The molecular formula is C14H14N4O. The molecule has 1 aromatic carbocycles. The number of anilines is 2. The Balaban J connectivity index is 2.00. The van der Waals surface area contributed by atoms with Crippen LogP contribution in [-0.4, -0.2) is 18.1 Å². The molecule has 0 radical (unpaired) electrons. The Morgan fingerprint density at radius 2 is 1.89 bits per heavy atom. The first-order valence-corrected chi connectivity index (χ1v) is 5.88. The Morgan fingerprint density at radius 1 is 1.16 bits per heavy atom. The van der Waals surface area contributed by atoms with Crippen molar-refractivity contribution >= 4 is 11.4 Å². The van der Waals surface area contributed by atoms with Gasteiger partial charge in [-0.15, -0.1) is 0 Å². The van der Waals surface area contributed by atoms with Crippen molar-refractivity contribution in [2.45, 2.75) is 0 Å². The Morgan fingerprint density at radius 3 is 2.47 bits per heavy atom. The van der Waals surface area contributed by atoms with Crippen LogP contribution in [-0.2, 0) is 0 Å². The first-order chi connectivity index (χ1) is 9.31. The molecule has 0 spiro atoms. The maximum atomic E-state index is 8.66. The SMILES string of the molecule is N#Cc1ccc(Nc2ccc(OCCN)cc2)cn1. The van der Waals surface area contributed by atoms with E-state index in [1.165, 1.54) is 0 Å². The van der Waals surface area contributed by atoms with E-state index in [9.17, 15) is 0 Å². The normalized spacial score (nSPS) is 9.68. The minimum atomic E-state index is 0.399. The number of nitrogens with one attached hydrogen (secondary N) is 1. The van der Waals surface area contributed by atoms with Gasteiger partial charge in [0.05, 0.1) is 11.9 Å². The van der Waals surface area contributed by atoms with Crippen LogP contribution in [0.4, 0.5) is 11.4 Å². The highest BCUT2D eigenvalue weighted by atomic mass is 16.5. The van der Waals surface area contributed by atoms with Crippen LogP contribution >= 0.6 is 0 Å². The van der Waals surface area contributed by atoms with E-state index in [0.29, 0.717) is 18.8 Å². The number of hydrogen-bond donors (Lipinski definition) is 2. The largest absolute Gasteiger partial charge is 0.492 e. The van der Waals surface area contributed by atoms with Gasteiger partial charge in [-0.2, -0.15) is 5.26 Å². The number of nitriles is 1. The molecule has 1 heterocycles. The van der Waals surface area contributed by atoms with Crippen molar-refractivity contribution in [3.63, 3.8) is 0 Å². The molecule has 3 N–H and O–H groups in total. The molecule has 96 valence electrons. The number of pyridine rings is 1. The first-order valence-electron chi connectivity index (χ1n) is 5.88. The number of nitrogens with zero attached hydrogens (tertiary/aromatic N) is 2. The van der Waals surface area contributed by atoms with Crippen molar-refractivity contribution in [3.05, 3.63) is 48.3 Å². The fourth-order valence-electron chi connectivity index (χ4n) is 1.51. The summed E-state index contributed by atoms with van der Waals surface area (Å²) in [5.41, 5.74) is 7.52. The van der Waals surface area contributed by atoms with E-state index in [0.717, 1.165) is 17.1 Å². The maximum absolute atomic E-state index is 8.66. The minimum absolute atomic E-state index is 0.399. The van der Waals surface area contributed by atoms with Gasteiger partial charge in [-0.25, -0.2) is 4.98 Å². The lowest BCUT2D eigenvalue weighted by Gasteiger charge is -2.08. The second kappa shape index (κ2) is 6.38. The van der Waals surface area contributed by atoms with Crippen molar-refractivity contribution < 1.29 is 4.74 Å². The third-order valence-electron chi connectivity index (χ3n) is 2.41. The van der Waals surface area contributed by atoms with Crippen LogP contribution < -0.4 is 15.8 Å². The Hall–Kier alpha value is -2.58. The summed E-state index contributed by atoms with van der Waals surface area (Å²) in [6, 6.07) is 13.0. The molecule has 0 atom stereocenters. The van der Waals surface area contributed by atoms with Gasteiger partial charge in [-0.05, 0) is 36.4 Å². The Kier molecular flexibility index (Phi) is 4.32. The molecule has 0 aliphatic heterocycles. The van der Waals surface area contributed by atoms with Gasteiger partial charge in [0.1, 0.15) is 24.1 Å². The third-order valence-corrected chi connectivity index (χ3v) is 2.41. The standard InChI is InChI=1S/C14H14N4O/c15-7-8-19-14-5-3-11(4-6-14)18-13-2-1-12(9-16)17-10-13/h1-6,10,18H,7-8,15H2. The molecule has 0 bridgehead atoms. The van der Waals surface area contributed by atoms with Crippen molar-refractivity contribution in [2.75, 3.05) is 18.5 Å². The summed E-state index contributed by atoms with van der Waals surface area (Å²) in [4.78, 5) is 3.99. The second-order valence-electron chi connectivity index (χ2n) is 3.83. The molecule has 1 aromatic heterocycles. The van der Waals surface area contributed by atoms with Crippen LogP contribution in [0.15, 0.2) is 42.6 Å². The molecule has 0 saturated heterocycles. The van der Waals surface area contributed by atoms with E-state index in [2.05, 4.69) is 10.3 Å². The summed E-state index contributed by atoms with van der Waals surface area (Å²) in [5, 5.41) is 11.9. The molecule has 0 aliphatic rings. The smallest absolute Gasteiger partial charge is 0.140 e. The van der Waals surface area contributed by atoms with Gasteiger partial charge in [0.2, 0.25) is 0 Å². The average molecular weight is 254 g/mol. The summed E-state index contributed by atoms with van der Waals surface area (Å²) in [5.74, 6) is 0.786. The number of benzene rings is 1. The van der Waals surface area contributed by atoms with Crippen LogP contribution in [0.5, 0.6) is 5.75 Å². The van der Waals surface area contributed by atoms with Gasteiger partial charge >= 0.3 is 0 Å².